The van der Waals surface area contributed by atoms with Gasteiger partial charge in [0, 0.05) is 31.6 Å². The number of amides is 2. The molecular weight excluding hydrogens is 469 g/mol. The summed E-state index contributed by atoms with van der Waals surface area (Å²) in [5.74, 6) is -1.11. The molecule has 1 N–H and O–H groups in total. The molecule has 9 heteroatoms. The highest BCUT2D eigenvalue weighted by atomic mass is 32.2. The van der Waals surface area contributed by atoms with Crippen molar-refractivity contribution in [1.29, 1.82) is 0 Å². The van der Waals surface area contributed by atoms with E-state index in [-0.39, 0.29) is 37.7 Å². The Morgan fingerprint density at radius 3 is 2.29 bits per heavy atom. The molecule has 1 atom stereocenters. The van der Waals surface area contributed by atoms with Crippen LogP contribution in [0.4, 0.5) is 10.1 Å². The molecule has 0 aliphatic carbocycles. The molecule has 7 nitrogen and oxygen atoms in total. The molecule has 0 aliphatic rings. The van der Waals surface area contributed by atoms with Crippen molar-refractivity contribution in [2.75, 3.05) is 23.7 Å². The minimum absolute atomic E-state index is 0.0128. The quantitative estimate of drug-likeness (QED) is 0.448. The first kappa shape index (κ1) is 28.3. The monoisotopic (exact) mass is 505 g/mol. The summed E-state index contributed by atoms with van der Waals surface area (Å²) in [6, 6.07) is 12.6. The number of hydrogen-bond donors (Lipinski definition) is 1. The Bertz CT molecular complexity index is 1090. The molecule has 0 aromatic heterocycles. The van der Waals surface area contributed by atoms with E-state index >= 15 is 0 Å². The molecule has 2 aromatic rings. The summed E-state index contributed by atoms with van der Waals surface area (Å²) in [5, 5.41) is 2.78. The Morgan fingerprint density at radius 1 is 1.06 bits per heavy atom. The first-order valence-electron chi connectivity index (χ1n) is 12.0. The molecule has 0 saturated carbocycles. The predicted octanol–water partition coefficient (Wildman–Crippen LogP) is 3.88. The van der Waals surface area contributed by atoms with Gasteiger partial charge in [0.25, 0.3) is 0 Å². The summed E-state index contributed by atoms with van der Waals surface area (Å²) in [5.41, 5.74) is 1.94. The molecule has 2 amide bonds. The van der Waals surface area contributed by atoms with Gasteiger partial charge >= 0.3 is 0 Å². The molecule has 0 saturated heterocycles. The molecule has 0 spiro atoms. The van der Waals surface area contributed by atoms with Gasteiger partial charge in [0.15, 0.2) is 0 Å². The fourth-order valence-electron chi connectivity index (χ4n) is 3.69. The largest absolute Gasteiger partial charge is 0.354 e. The Labute approximate surface area is 208 Å². The lowest BCUT2D eigenvalue weighted by molar-refractivity contribution is -0.140. The molecule has 2 aromatic carbocycles. The summed E-state index contributed by atoms with van der Waals surface area (Å²) < 4.78 is 40.4. The van der Waals surface area contributed by atoms with E-state index in [4.69, 9.17) is 0 Å². The van der Waals surface area contributed by atoms with Crippen LogP contribution < -0.4 is 9.62 Å². The maximum atomic E-state index is 14.3. The van der Waals surface area contributed by atoms with Gasteiger partial charge in [-0.25, -0.2) is 12.8 Å². The van der Waals surface area contributed by atoms with Crippen LogP contribution in [0.5, 0.6) is 0 Å². The van der Waals surface area contributed by atoms with E-state index in [0.717, 1.165) is 24.7 Å². The Kier molecular flexibility index (Phi) is 10.7. The van der Waals surface area contributed by atoms with Crippen molar-refractivity contribution in [3.05, 3.63) is 65.5 Å². The second-order valence-electron chi connectivity index (χ2n) is 8.54. The van der Waals surface area contributed by atoms with Crippen molar-refractivity contribution in [2.45, 2.75) is 59.0 Å². The molecule has 0 heterocycles. The lowest BCUT2D eigenvalue weighted by Crippen LogP contribution is -2.48. The SMILES string of the molecule is CCCNC(=O)[C@@H](C)N(Cc1ccccc1F)C(=O)CCCN(c1ccc(CC)cc1)S(C)(=O)=O. The lowest BCUT2D eigenvalue weighted by atomic mass is 10.1. The van der Waals surface area contributed by atoms with E-state index in [1.54, 1.807) is 37.3 Å². The second-order valence-corrected chi connectivity index (χ2v) is 10.4. The zero-order chi connectivity index (χ0) is 26.0. The van der Waals surface area contributed by atoms with Gasteiger partial charge < -0.3 is 10.2 Å². The van der Waals surface area contributed by atoms with Gasteiger partial charge in [0.05, 0.1) is 11.9 Å². The highest BCUT2D eigenvalue weighted by Gasteiger charge is 2.27. The summed E-state index contributed by atoms with van der Waals surface area (Å²) in [4.78, 5) is 27.1. The summed E-state index contributed by atoms with van der Waals surface area (Å²) >= 11 is 0. The van der Waals surface area contributed by atoms with Crippen LogP contribution in [-0.4, -0.2) is 50.5 Å². The van der Waals surface area contributed by atoms with E-state index in [0.29, 0.717) is 17.8 Å². The van der Waals surface area contributed by atoms with Crippen LogP contribution >= 0.6 is 0 Å². The number of carbonyl (C=O) groups is 2. The number of carbonyl (C=O) groups excluding carboxylic acids is 2. The lowest BCUT2D eigenvalue weighted by Gasteiger charge is -2.29. The molecule has 0 unspecified atom stereocenters. The van der Waals surface area contributed by atoms with Crippen LogP contribution in [0.1, 0.15) is 51.2 Å². The number of halogens is 1. The first-order valence-corrected chi connectivity index (χ1v) is 13.8. The minimum Gasteiger partial charge on any atom is -0.354 e. The number of nitrogens with zero attached hydrogens (tertiary/aromatic N) is 2. The number of hydrogen-bond acceptors (Lipinski definition) is 4. The first-order chi connectivity index (χ1) is 16.6. The molecule has 0 bridgehead atoms. The molecular formula is C26H36FN3O4S. The molecule has 0 radical (unpaired) electrons. The smallest absolute Gasteiger partial charge is 0.242 e. The summed E-state index contributed by atoms with van der Waals surface area (Å²) in [6.45, 7) is 6.09. The average Bonchev–Trinajstić information content (AvgIpc) is 2.83. The number of benzene rings is 2. The van der Waals surface area contributed by atoms with Gasteiger partial charge in [0.2, 0.25) is 21.8 Å². The van der Waals surface area contributed by atoms with Crippen LogP contribution in [0, 0.1) is 5.82 Å². The number of anilines is 1. The van der Waals surface area contributed by atoms with Gasteiger partial charge in [-0.2, -0.15) is 0 Å². The van der Waals surface area contributed by atoms with Crippen LogP contribution in [0.15, 0.2) is 48.5 Å². The van der Waals surface area contributed by atoms with Crippen LogP contribution in [0.3, 0.4) is 0 Å². The van der Waals surface area contributed by atoms with Crippen LogP contribution in [0.2, 0.25) is 0 Å². The zero-order valence-electron chi connectivity index (χ0n) is 21.0. The molecule has 0 fully saturated rings. The van der Waals surface area contributed by atoms with Gasteiger partial charge in [0.1, 0.15) is 11.9 Å². The van der Waals surface area contributed by atoms with Gasteiger partial charge in [-0.05, 0) is 49.9 Å². The van der Waals surface area contributed by atoms with E-state index < -0.39 is 21.9 Å². The Morgan fingerprint density at radius 2 is 1.71 bits per heavy atom. The Balaban J connectivity index is 2.16. The summed E-state index contributed by atoms with van der Waals surface area (Å²) in [7, 11) is -3.56. The fraction of sp³-hybridized carbons (Fsp3) is 0.462. The highest BCUT2D eigenvalue weighted by molar-refractivity contribution is 7.92. The third kappa shape index (κ3) is 8.35. The second kappa shape index (κ2) is 13.2. The van der Waals surface area contributed by atoms with Crippen LogP contribution in [0.25, 0.3) is 0 Å². The average molecular weight is 506 g/mol. The van der Waals surface area contributed by atoms with Gasteiger partial charge in [-0.1, -0.05) is 44.2 Å². The topological polar surface area (TPSA) is 86.8 Å². The third-order valence-corrected chi connectivity index (χ3v) is 6.99. The third-order valence-electron chi connectivity index (χ3n) is 5.80. The number of aryl methyl sites for hydroxylation is 1. The standard InChI is InChI=1S/C26H36FN3O4S/c1-5-17-28-26(32)20(3)29(19-22-10-7-8-11-24(22)27)25(31)12-9-18-30(35(4,33)34)23-15-13-21(6-2)14-16-23/h7-8,10-11,13-16,20H,5-6,9,12,17-19H2,1-4H3,(H,28,32)/t20-/m1/s1. The Hall–Kier alpha value is -2.94. The number of nitrogens with one attached hydrogen (secondary N) is 1. The number of sulfonamides is 1. The van der Waals surface area contributed by atoms with Crippen LogP contribution in [-0.2, 0) is 32.6 Å². The maximum Gasteiger partial charge on any atom is 0.242 e. The van der Waals surface area contributed by atoms with Crippen molar-refractivity contribution in [1.82, 2.24) is 10.2 Å². The summed E-state index contributed by atoms with van der Waals surface area (Å²) in [6.07, 6.45) is 2.99. The van der Waals surface area contributed by atoms with Crippen molar-refractivity contribution < 1.29 is 22.4 Å². The normalized spacial score (nSPS) is 12.1. The van der Waals surface area contributed by atoms with E-state index in [1.165, 1.54) is 15.3 Å². The molecule has 2 rings (SSSR count). The highest BCUT2D eigenvalue weighted by Crippen LogP contribution is 2.20. The van der Waals surface area contributed by atoms with E-state index in [2.05, 4.69) is 5.32 Å². The van der Waals surface area contributed by atoms with Gasteiger partial charge in [-0.3, -0.25) is 13.9 Å². The van der Waals surface area contributed by atoms with Crippen molar-refractivity contribution in [3.8, 4) is 0 Å². The maximum absolute atomic E-state index is 14.3. The zero-order valence-corrected chi connectivity index (χ0v) is 21.8. The van der Waals surface area contributed by atoms with Crippen molar-refractivity contribution in [2.24, 2.45) is 0 Å². The van der Waals surface area contributed by atoms with Crippen molar-refractivity contribution in [3.63, 3.8) is 0 Å². The van der Waals surface area contributed by atoms with E-state index in [9.17, 15) is 22.4 Å². The molecule has 0 aliphatic heterocycles. The number of rotatable bonds is 13. The molecule has 192 valence electrons. The van der Waals surface area contributed by atoms with E-state index in [1.807, 2.05) is 26.0 Å². The van der Waals surface area contributed by atoms with Gasteiger partial charge in [-0.15, -0.1) is 0 Å². The minimum atomic E-state index is -3.56. The predicted molar refractivity (Wildman–Crippen MR) is 137 cm³/mol. The molecule has 35 heavy (non-hydrogen) atoms. The fourth-order valence-corrected chi connectivity index (χ4v) is 4.66. The van der Waals surface area contributed by atoms with Crippen molar-refractivity contribution >= 4 is 27.5 Å².